The topological polar surface area (TPSA) is 118 Å². The van der Waals surface area contributed by atoms with E-state index in [0.717, 1.165) is 6.26 Å². The number of rotatable bonds is 7. The number of hydrogen-bond donors (Lipinski definition) is 2. The van der Waals surface area contributed by atoms with Crippen LogP contribution in [-0.4, -0.2) is 45.7 Å². The summed E-state index contributed by atoms with van der Waals surface area (Å²) in [5.41, 5.74) is -1.61. The highest BCUT2D eigenvalue weighted by Gasteiger charge is 2.39. The highest BCUT2D eigenvalue weighted by Crippen LogP contribution is 2.22. The number of carboxylic acid groups (broad SMARTS) is 1. The summed E-state index contributed by atoms with van der Waals surface area (Å²) < 4.78 is 48.0. The first-order chi connectivity index (χ1) is 9.46. The number of benzene rings is 1. The van der Waals surface area contributed by atoms with Gasteiger partial charge in [0.15, 0.2) is 5.54 Å². The molecule has 1 rings (SSSR count). The van der Waals surface area contributed by atoms with E-state index in [1.807, 2.05) is 0 Å². The van der Waals surface area contributed by atoms with Crippen molar-refractivity contribution in [1.29, 1.82) is 0 Å². The molecule has 2 N–H and O–H groups in total. The Kier molecular flexibility index (Phi) is 5.13. The van der Waals surface area contributed by atoms with E-state index in [1.54, 1.807) is 18.2 Å². The number of carbonyl (C=O) groups is 1. The Morgan fingerprint density at radius 1 is 1.14 bits per heavy atom. The van der Waals surface area contributed by atoms with E-state index in [0.29, 0.717) is 0 Å². The van der Waals surface area contributed by atoms with Gasteiger partial charge in [-0.25, -0.2) is 21.6 Å². The maximum atomic E-state index is 11.9. The minimum atomic E-state index is -4.08. The normalized spacial score (nSPS) is 15.3. The Hall–Kier alpha value is -1.45. The van der Waals surface area contributed by atoms with Gasteiger partial charge in [0.2, 0.25) is 10.0 Å². The molecule has 7 nitrogen and oxygen atoms in total. The monoisotopic (exact) mass is 335 g/mol. The van der Waals surface area contributed by atoms with Gasteiger partial charge in [0.05, 0.1) is 11.5 Å². The van der Waals surface area contributed by atoms with E-state index >= 15 is 0 Å². The van der Waals surface area contributed by atoms with Crippen molar-refractivity contribution < 1.29 is 26.7 Å². The predicted octanol–water partition coefficient (Wildman–Crippen LogP) is -0.0496. The molecule has 0 radical (unpaired) electrons. The first kappa shape index (κ1) is 17.6. The summed E-state index contributed by atoms with van der Waals surface area (Å²) in [6.07, 6.45) is 0.913. The first-order valence-electron chi connectivity index (χ1n) is 5.94. The molecule has 0 aliphatic heterocycles. The van der Waals surface area contributed by atoms with Gasteiger partial charge in [-0.3, -0.25) is 0 Å². The lowest BCUT2D eigenvalue weighted by Crippen LogP contribution is -2.50. The van der Waals surface area contributed by atoms with Crippen LogP contribution >= 0.6 is 0 Å². The lowest BCUT2D eigenvalue weighted by molar-refractivity contribution is -0.143. The van der Waals surface area contributed by atoms with Gasteiger partial charge in [-0.1, -0.05) is 30.3 Å². The zero-order chi connectivity index (χ0) is 16.3. The standard InChI is InChI=1S/C12H17NO6S2/c1-12(11(14)15,10-6-4-3-5-7-10)13-21(18,19)9-8-20(2,16)17/h3-7,13H,8-9H2,1-2H3,(H,14,15). The Morgan fingerprint density at radius 2 is 1.67 bits per heavy atom. The number of hydrogen-bond acceptors (Lipinski definition) is 5. The van der Waals surface area contributed by atoms with Crippen LogP contribution in [0.5, 0.6) is 0 Å². The summed E-state index contributed by atoms with van der Waals surface area (Å²) in [6, 6.07) is 7.80. The highest BCUT2D eigenvalue weighted by atomic mass is 32.2. The summed E-state index contributed by atoms with van der Waals surface area (Å²) in [6.45, 7) is 1.21. The fourth-order valence-corrected chi connectivity index (χ4v) is 4.64. The molecule has 1 aromatic carbocycles. The van der Waals surface area contributed by atoms with E-state index in [1.165, 1.54) is 19.1 Å². The van der Waals surface area contributed by atoms with Gasteiger partial charge in [0.25, 0.3) is 0 Å². The van der Waals surface area contributed by atoms with E-state index in [2.05, 4.69) is 4.72 Å². The van der Waals surface area contributed by atoms with Crippen molar-refractivity contribution in [3.05, 3.63) is 35.9 Å². The quantitative estimate of drug-likeness (QED) is 0.721. The van der Waals surface area contributed by atoms with Crippen LogP contribution < -0.4 is 4.72 Å². The molecule has 0 aromatic heterocycles. The molecule has 21 heavy (non-hydrogen) atoms. The molecule has 118 valence electrons. The van der Waals surface area contributed by atoms with Crippen LogP contribution in [0.4, 0.5) is 0 Å². The second kappa shape index (κ2) is 6.12. The van der Waals surface area contributed by atoms with Crippen molar-refractivity contribution in [3.8, 4) is 0 Å². The molecule has 0 heterocycles. The third-order valence-electron chi connectivity index (χ3n) is 2.86. The summed E-state index contributed by atoms with van der Waals surface area (Å²) in [5.74, 6) is -2.65. The van der Waals surface area contributed by atoms with Gasteiger partial charge in [0, 0.05) is 6.26 Å². The summed E-state index contributed by atoms with van der Waals surface area (Å²) >= 11 is 0. The van der Waals surface area contributed by atoms with Crippen LogP contribution in [0.15, 0.2) is 30.3 Å². The number of nitrogens with one attached hydrogen (secondary N) is 1. The van der Waals surface area contributed by atoms with Gasteiger partial charge < -0.3 is 5.11 Å². The van der Waals surface area contributed by atoms with Crippen molar-refractivity contribution in [2.24, 2.45) is 0 Å². The Morgan fingerprint density at radius 3 is 2.10 bits per heavy atom. The summed E-state index contributed by atoms with van der Waals surface area (Å²) in [4.78, 5) is 11.5. The molecule has 0 amide bonds. The van der Waals surface area contributed by atoms with E-state index < -0.39 is 42.9 Å². The van der Waals surface area contributed by atoms with Crippen LogP contribution in [0.3, 0.4) is 0 Å². The molecular formula is C12H17NO6S2. The van der Waals surface area contributed by atoms with Crippen LogP contribution in [-0.2, 0) is 30.2 Å². The Labute approximate surface area is 124 Å². The van der Waals surface area contributed by atoms with Gasteiger partial charge in [-0.05, 0) is 12.5 Å². The van der Waals surface area contributed by atoms with Crippen LogP contribution in [0.2, 0.25) is 0 Å². The van der Waals surface area contributed by atoms with Crippen molar-refractivity contribution in [3.63, 3.8) is 0 Å². The molecule has 0 saturated carbocycles. The fourth-order valence-electron chi connectivity index (χ4n) is 1.62. The van der Waals surface area contributed by atoms with Crippen LogP contribution in [0.1, 0.15) is 12.5 Å². The lowest BCUT2D eigenvalue weighted by Gasteiger charge is -2.26. The largest absolute Gasteiger partial charge is 0.480 e. The highest BCUT2D eigenvalue weighted by molar-refractivity contribution is 7.93. The van der Waals surface area contributed by atoms with Gasteiger partial charge in [0.1, 0.15) is 9.84 Å². The Bertz CT molecular complexity index is 711. The third-order valence-corrected chi connectivity index (χ3v) is 5.53. The summed E-state index contributed by atoms with van der Waals surface area (Å²) in [7, 11) is -7.54. The summed E-state index contributed by atoms with van der Waals surface area (Å²) in [5, 5.41) is 9.33. The number of sulfonamides is 1. The average molecular weight is 335 g/mol. The molecule has 0 saturated heterocycles. The molecule has 1 unspecified atom stereocenters. The zero-order valence-corrected chi connectivity index (χ0v) is 13.2. The average Bonchev–Trinajstić information content (AvgIpc) is 2.36. The van der Waals surface area contributed by atoms with Crippen LogP contribution in [0.25, 0.3) is 0 Å². The van der Waals surface area contributed by atoms with E-state index in [-0.39, 0.29) is 5.56 Å². The minimum Gasteiger partial charge on any atom is -0.480 e. The third kappa shape index (κ3) is 5.10. The fraction of sp³-hybridized carbons (Fsp3) is 0.417. The molecule has 1 atom stereocenters. The molecule has 0 aliphatic rings. The van der Waals surface area contributed by atoms with Crippen molar-refractivity contribution >= 4 is 25.8 Å². The minimum absolute atomic E-state index is 0.250. The van der Waals surface area contributed by atoms with E-state index in [4.69, 9.17) is 0 Å². The second-order valence-corrected chi connectivity index (χ2v) is 8.95. The molecule has 0 spiro atoms. The van der Waals surface area contributed by atoms with Gasteiger partial charge in [-0.2, -0.15) is 4.72 Å². The van der Waals surface area contributed by atoms with Crippen molar-refractivity contribution in [2.45, 2.75) is 12.5 Å². The van der Waals surface area contributed by atoms with Gasteiger partial charge in [-0.15, -0.1) is 0 Å². The molecule has 1 aromatic rings. The molecule has 0 bridgehead atoms. The molecule has 0 aliphatic carbocycles. The SMILES string of the molecule is CC(NS(=O)(=O)CCS(C)(=O)=O)(C(=O)O)c1ccccc1. The van der Waals surface area contributed by atoms with Crippen molar-refractivity contribution in [2.75, 3.05) is 17.8 Å². The Balaban J connectivity index is 3.07. The van der Waals surface area contributed by atoms with Crippen LogP contribution in [0, 0.1) is 0 Å². The first-order valence-corrected chi connectivity index (χ1v) is 9.66. The molecule has 9 heteroatoms. The second-order valence-electron chi connectivity index (χ2n) is 4.85. The molecule has 0 fully saturated rings. The maximum absolute atomic E-state index is 11.9. The maximum Gasteiger partial charge on any atom is 0.329 e. The zero-order valence-electron chi connectivity index (χ0n) is 11.6. The van der Waals surface area contributed by atoms with E-state index in [9.17, 15) is 26.7 Å². The van der Waals surface area contributed by atoms with Crippen molar-refractivity contribution in [1.82, 2.24) is 4.72 Å². The number of carboxylic acids is 1. The lowest BCUT2D eigenvalue weighted by atomic mass is 9.94. The van der Waals surface area contributed by atoms with Gasteiger partial charge >= 0.3 is 5.97 Å². The smallest absolute Gasteiger partial charge is 0.329 e. The predicted molar refractivity (Wildman–Crippen MR) is 78.1 cm³/mol. The number of aliphatic carboxylic acids is 1. The molecular weight excluding hydrogens is 318 g/mol. The number of sulfone groups is 1.